The maximum Gasteiger partial charge on any atom is 0.264 e. The number of piperidine rings is 1. The zero-order valence-electron chi connectivity index (χ0n) is 19.6. The lowest BCUT2D eigenvalue weighted by atomic mass is 9.99. The smallest absolute Gasteiger partial charge is 0.264 e. The normalized spacial score (nSPS) is 16.2. The third-order valence-corrected chi connectivity index (χ3v) is 7.91. The molecule has 0 unspecified atom stereocenters. The van der Waals surface area contributed by atoms with Crippen molar-refractivity contribution in [1.29, 1.82) is 0 Å². The Morgan fingerprint density at radius 3 is 2.44 bits per heavy atom. The number of methoxy groups -OCH3 is 1. The van der Waals surface area contributed by atoms with Crippen molar-refractivity contribution in [2.75, 3.05) is 24.5 Å². The van der Waals surface area contributed by atoms with Gasteiger partial charge in [-0.3, -0.25) is 9.10 Å². The van der Waals surface area contributed by atoms with Crippen molar-refractivity contribution >= 4 is 21.6 Å². The van der Waals surface area contributed by atoms with Crippen LogP contribution in [-0.2, 0) is 16.6 Å². The Kier molecular flexibility index (Phi) is 7.22. The first-order chi connectivity index (χ1) is 16.4. The zero-order chi connectivity index (χ0) is 24.1. The molecule has 0 N–H and O–H groups in total. The van der Waals surface area contributed by atoms with Gasteiger partial charge in [0.15, 0.2) is 0 Å². The fraction of sp³-hybridized carbons (Fsp3) is 0.296. The number of carbonyl (C=O) groups is 1. The number of anilines is 1. The van der Waals surface area contributed by atoms with Crippen LogP contribution in [0.2, 0.25) is 0 Å². The summed E-state index contributed by atoms with van der Waals surface area (Å²) < 4.78 is 34.3. The van der Waals surface area contributed by atoms with Crippen molar-refractivity contribution in [2.24, 2.45) is 5.92 Å². The van der Waals surface area contributed by atoms with Gasteiger partial charge in [-0.1, -0.05) is 43.3 Å². The van der Waals surface area contributed by atoms with Crippen molar-refractivity contribution in [3.8, 4) is 5.75 Å². The molecule has 0 radical (unpaired) electrons. The number of rotatable bonds is 7. The van der Waals surface area contributed by atoms with Crippen molar-refractivity contribution in [2.45, 2.75) is 31.2 Å². The van der Waals surface area contributed by atoms with Crippen LogP contribution in [0.3, 0.4) is 0 Å². The highest BCUT2D eigenvalue weighted by atomic mass is 32.2. The first-order valence-electron chi connectivity index (χ1n) is 11.5. The summed E-state index contributed by atoms with van der Waals surface area (Å²) in [6.07, 6.45) is 2.07. The predicted octanol–water partition coefficient (Wildman–Crippen LogP) is 4.96. The topological polar surface area (TPSA) is 66.9 Å². The fourth-order valence-corrected chi connectivity index (χ4v) is 5.79. The van der Waals surface area contributed by atoms with Crippen molar-refractivity contribution in [3.05, 3.63) is 90.0 Å². The molecule has 0 spiro atoms. The van der Waals surface area contributed by atoms with Gasteiger partial charge in [-0.05, 0) is 66.8 Å². The second-order valence-electron chi connectivity index (χ2n) is 8.72. The lowest BCUT2D eigenvalue weighted by Crippen LogP contribution is -2.39. The van der Waals surface area contributed by atoms with Crippen LogP contribution < -0.4 is 9.04 Å². The Balaban J connectivity index is 1.69. The molecule has 1 amide bonds. The Labute approximate surface area is 201 Å². The van der Waals surface area contributed by atoms with Crippen LogP contribution in [0.1, 0.15) is 35.7 Å². The second kappa shape index (κ2) is 10.3. The molecule has 34 heavy (non-hydrogen) atoms. The number of benzene rings is 3. The van der Waals surface area contributed by atoms with E-state index in [1.54, 1.807) is 49.6 Å². The summed E-state index contributed by atoms with van der Waals surface area (Å²) in [4.78, 5) is 15.0. The Bertz CT molecular complexity index is 1230. The first kappa shape index (κ1) is 23.8. The van der Waals surface area contributed by atoms with Crippen LogP contribution in [0.5, 0.6) is 5.75 Å². The molecule has 1 atom stereocenters. The largest absolute Gasteiger partial charge is 0.497 e. The number of carbonyl (C=O) groups excluding carboxylic acids is 1. The molecular weight excluding hydrogens is 448 g/mol. The van der Waals surface area contributed by atoms with Crippen LogP contribution in [0.25, 0.3) is 0 Å². The highest BCUT2D eigenvalue weighted by Gasteiger charge is 2.28. The van der Waals surface area contributed by atoms with E-state index in [1.165, 1.54) is 10.4 Å². The molecular formula is C27H30N2O4S. The standard InChI is InChI=1S/C27H30N2O4S/c1-21-8-7-17-28(19-21)27(30)23-11-6-12-26(18-23)34(31,32)29(20-22-9-4-3-5-10-22)24-13-15-25(33-2)16-14-24/h3-6,9-16,18,21H,7-8,17,19-20H2,1-2H3/t21-/m0/s1. The molecule has 7 heteroatoms. The third-order valence-electron chi connectivity index (χ3n) is 6.14. The van der Waals surface area contributed by atoms with Crippen LogP contribution in [0.4, 0.5) is 5.69 Å². The number of nitrogens with zero attached hydrogens (tertiary/aromatic N) is 2. The van der Waals surface area contributed by atoms with Crippen LogP contribution in [0.15, 0.2) is 83.8 Å². The summed E-state index contributed by atoms with van der Waals surface area (Å²) in [6, 6.07) is 22.7. The quantitative estimate of drug-likeness (QED) is 0.481. The van der Waals surface area contributed by atoms with Gasteiger partial charge in [-0.25, -0.2) is 8.42 Å². The van der Waals surface area contributed by atoms with E-state index in [-0.39, 0.29) is 17.3 Å². The van der Waals surface area contributed by atoms with E-state index in [9.17, 15) is 13.2 Å². The van der Waals surface area contributed by atoms with Gasteiger partial charge in [-0.15, -0.1) is 0 Å². The predicted molar refractivity (Wildman–Crippen MR) is 134 cm³/mol. The van der Waals surface area contributed by atoms with E-state index in [1.807, 2.05) is 35.2 Å². The monoisotopic (exact) mass is 478 g/mol. The van der Waals surface area contributed by atoms with Crippen molar-refractivity contribution in [3.63, 3.8) is 0 Å². The molecule has 1 aliphatic heterocycles. The van der Waals surface area contributed by atoms with E-state index >= 15 is 0 Å². The molecule has 178 valence electrons. The van der Waals surface area contributed by atoms with Gasteiger partial charge < -0.3 is 9.64 Å². The van der Waals surface area contributed by atoms with E-state index in [0.717, 1.165) is 18.4 Å². The van der Waals surface area contributed by atoms with Gasteiger partial charge in [0.1, 0.15) is 5.75 Å². The molecule has 1 fully saturated rings. The molecule has 3 aromatic rings. The van der Waals surface area contributed by atoms with E-state index in [2.05, 4.69) is 6.92 Å². The Hall–Kier alpha value is -3.32. The summed E-state index contributed by atoms with van der Waals surface area (Å²) >= 11 is 0. The molecule has 0 saturated carbocycles. The summed E-state index contributed by atoms with van der Waals surface area (Å²) in [7, 11) is -2.38. The number of sulfonamides is 1. The average Bonchev–Trinajstić information content (AvgIpc) is 2.87. The van der Waals surface area contributed by atoms with E-state index in [4.69, 9.17) is 4.74 Å². The van der Waals surface area contributed by atoms with Gasteiger partial charge in [-0.2, -0.15) is 0 Å². The van der Waals surface area contributed by atoms with Crippen LogP contribution in [-0.4, -0.2) is 39.4 Å². The molecule has 4 rings (SSSR count). The first-order valence-corrected chi connectivity index (χ1v) is 12.9. The molecule has 1 saturated heterocycles. The van der Waals surface area contributed by atoms with Gasteiger partial charge in [0.2, 0.25) is 0 Å². The van der Waals surface area contributed by atoms with Crippen molar-refractivity contribution < 1.29 is 17.9 Å². The highest BCUT2D eigenvalue weighted by molar-refractivity contribution is 7.92. The maximum absolute atomic E-state index is 13.9. The van der Waals surface area contributed by atoms with Crippen LogP contribution in [0, 0.1) is 5.92 Å². The fourth-order valence-electron chi connectivity index (χ4n) is 4.29. The lowest BCUT2D eigenvalue weighted by molar-refractivity contribution is 0.0683. The lowest BCUT2D eigenvalue weighted by Gasteiger charge is -2.31. The second-order valence-corrected chi connectivity index (χ2v) is 10.6. The molecule has 3 aromatic carbocycles. The molecule has 1 aliphatic rings. The number of likely N-dealkylation sites (tertiary alicyclic amines) is 1. The van der Waals surface area contributed by atoms with E-state index < -0.39 is 10.0 Å². The van der Waals surface area contributed by atoms with Crippen molar-refractivity contribution in [1.82, 2.24) is 4.90 Å². The highest BCUT2D eigenvalue weighted by Crippen LogP contribution is 2.29. The van der Waals surface area contributed by atoms with Gasteiger partial charge >= 0.3 is 0 Å². The zero-order valence-corrected chi connectivity index (χ0v) is 20.4. The Morgan fingerprint density at radius 2 is 1.76 bits per heavy atom. The third kappa shape index (κ3) is 5.25. The van der Waals surface area contributed by atoms with Gasteiger partial charge in [0.25, 0.3) is 15.9 Å². The molecule has 0 aromatic heterocycles. The minimum Gasteiger partial charge on any atom is -0.497 e. The molecule has 1 heterocycles. The maximum atomic E-state index is 13.9. The summed E-state index contributed by atoms with van der Waals surface area (Å²) in [5, 5.41) is 0. The van der Waals surface area contributed by atoms with E-state index in [0.29, 0.717) is 36.0 Å². The summed E-state index contributed by atoms with van der Waals surface area (Å²) in [5.41, 5.74) is 1.77. The number of ether oxygens (including phenoxy) is 1. The van der Waals surface area contributed by atoms with Gasteiger partial charge in [0.05, 0.1) is 24.2 Å². The SMILES string of the molecule is COc1ccc(N(Cc2ccccc2)S(=O)(=O)c2cccc(C(=O)N3CCC[C@H](C)C3)c2)cc1. The van der Waals surface area contributed by atoms with Crippen LogP contribution >= 0.6 is 0 Å². The number of amides is 1. The molecule has 0 bridgehead atoms. The average molecular weight is 479 g/mol. The molecule has 0 aliphatic carbocycles. The molecule has 6 nitrogen and oxygen atoms in total. The minimum absolute atomic E-state index is 0.0927. The number of hydrogen-bond acceptors (Lipinski definition) is 4. The minimum atomic E-state index is -3.95. The number of hydrogen-bond donors (Lipinski definition) is 0. The van der Waals surface area contributed by atoms with Gasteiger partial charge in [0, 0.05) is 18.7 Å². The summed E-state index contributed by atoms with van der Waals surface area (Å²) in [6.45, 7) is 3.70. The summed E-state index contributed by atoms with van der Waals surface area (Å²) in [5.74, 6) is 0.966. The Morgan fingerprint density at radius 1 is 1.03 bits per heavy atom.